The Balaban J connectivity index is 2.63. The van der Waals surface area contributed by atoms with Crippen LogP contribution in [0.4, 0.5) is 0 Å². The molecule has 1 rings (SSSR count). The third kappa shape index (κ3) is 4.00. The predicted octanol–water partition coefficient (Wildman–Crippen LogP) is 3.03. The molecule has 0 fully saturated rings. The van der Waals surface area contributed by atoms with Crippen LogP contribution < -0.4 is 4.74 Å². The summed E-state index contributed by atoms with van der Waals surface area (Å²) in [5.74, 6) is 0.381. The van der Waals surface area contributed by atoms with E-state index in [-0.39, 0.29) is 13.2 Å². The highest BCUT2D eigenvalue weighted by Gasteiger charge is 2.09. The van der Waals surface area contributed by atoms with Crippen LogP contribution in [0.1, 0.15) is 0 Å². The van der Waals surface area contributed by atoms with Crippen LogP contribution in [-0.2, 0) is 4.74 Å². The van der Waals surface area contributed by atoms with Crippen molar-refractivity contribution < 1.29 is 14.6 Å². The van der Waals surface area contributed by atoms with Gasteiger partial charge in [-0.3, -0.25) is 0 Å². The van der Waals surface area contributed by atoms with E-state index in [9.17, 15) is 5.11 Å². The van der Waals surface area contributed by atoms with Gasteiger partial charge < -0.3 is 14.6 Å². The zero-order chi connectivity index (χ0) is 12.1. The Hall–Kier alpha value is -0.190. The molecule has 0 amide bonds. The van der Waals surface area contributed by atoms with Gasteiger partial charge in [-0.15, -0.1) is 0 Å². The second-order valence-electron chi connectivity index (χ2n) is 3.12. The first-order valence-electron chi connectivity index (χ1n) is 4.49. The number of rotatable bonds is 5. The van der Waals surface area contributed by atoms with Gasteiger partial charge in [0.1, 0.15) is 18.5 Å². The first kappa shape index (κ1) is 13.9. The molecule has 0 heterocycles. The van der Waals surface area contributed by atoms with Crippen molar-refractivity contribution in [3.05, 3.63) is 27.2 Å². The van der Waals surface area contributed by atoms with Crippen LogP contribution in [0.15, 0.2) is 12.1 Å². The summed E-state index contributed by atoms with van der Waals surface area (Å²) in [4.78, 5) is 0. The van der Waals surface area contributed by atoms with Crippen molar-refractivity contribution in [2.45, 2.75) is 6.10 Å². The van der Waals surface area contributed by atoms with E-state index in [2.05, 4.69) is 0 Å². The maximum Gasteiger partial charge on any atom is 0.139 e. The summed E-state index contributed by atoms with van der Waals surface area (Å²) in [5.41, 5.74) is 0. The quantitative estimate of drug-likeness (QED) is 0.845. The highest BCUT2D eigenvalue weighted by Crippen LogP contribution is 2.33. The van der Waals surface area contributed by atoms with E-state index in [1.165, 1.54) is 19.2 Å². The lowest BCUT2D eigenvalue weighted by Crippen LogP contribution is -2.22. The van der Waals surface area contributed by atoms with Gasteiger partial charge in [-0.2, -0.15) is 0 Å². The third-order valence-electron chi connectivity index (χ3n) is 1.77. The maximum atomic E-state index is 9.37. The van der Waals surface area contributed by atoms with Gasteiger partial charge in [-0.1, -0.05) is 34.8 Å². The van der Waals surface area contributed by atoms with E-state index in [1.807, 2.05) is 0 Å². The Bertz CT molecular complexity index is 357. The smallest absolute Gasteiger partial charge is 0.139 e. The molecule has 0 saturated heterocycles. The number of hydrogen-bond donors (Lipinski definition) is 1. The van der Waals surface area contributed by atoms with Crippen molar-refractivity contribution in [2.75, 3.05) is 20.3 Å². The molecule has 0 aromatic heterocycles. The topological polar surface area (TPSA) is 38.7 Å². The molecule has 1 aromatic rings. The Morgan fingerprint density at radius 1 is 1.12 bits per heavy atom. The molecule has 1 N–H and O–H groups in total. The summed E-state index contributed by atoms with van der Waals surface area (Å²) in [6.45, 7) is 0.268. The highest BCUT2D eigenvalue weighted by molar-refractivity contribution is 6.43. The number of benzene rings is 1. The van der Waals surface area contributed by atoms with Gasteiger partial charge in [-0.05, 0) is 6.07 Å². The zero-order valence-electron chi connectivity index (χ0n) is 8.54. The fraction of sp³-hybridized carbons (Fsp3) is 0.400. The van der Waals surface area contributed by atoms with Crippen LogP contribution in [-0.4, -0.2) is 31.5 Å². The summed E-state index contributed by atoms with van der Waals surface area (Å²) >= 11 is 17.4. The van der Waals surface area contributed by atoms with Crippen LogP contribution in [0.5, 0.6) is 5.75 Å². The largest absolute Gasteiger partial charge is 0.489 e. The summed E-state index contributed by atoms with van der Waals surface area (Å²) in [7, 11) is 1.50. The van der Waals surface area contributed by atoms with Gasteiger partial charge >= 0.3 is 0 Å². The average molecular weight is 286 g/mol. The van der Waals surface area contributed by atoms with E-state index in [0.717, 1.165) is 0 Å². The van der Waals surface area contributed by atoms with Crippen molar-refractivity contribution in [1.29, 1.82) is 0 Å². The first-order valence-corrected chi connectivity index (χ1v) is 5.62. The number of ether oxygens (including phenoxy) is 2. The predicted molar refractivity (Wildman–Crippen MR) is 64.8 cm³/mol. The second kappa shape index (κ2) is 6.52. The van der Waals surface area contributed by atoms with Crippen LogP contribution in [0.25, 0.3) is 0 Å². The molecule has 0 aliphatic carbocycles. The molecular formula is C10H11Cl3O3. The lowest BCUT2D eigenvalue weighted by atomic mass is 10.3. The van der Waals surface area contributed by atoms with E-state index in [4.69, 9.17) is 44.3 Å². The standard InChI is InChI=1S/C10H11Cl3O3/c1-15-4-6(14)5-16-10-3-8(12)7(11)2-9(10)13/h2-3,6,14H,4-5H2,1H3. The molecule has 3 nitrogen and oxygen atoms in total. The SMILES string of the molecule is COCC(O)COc1cc(Cl)c(Cl)cc1Cl. The molecule has 1 aromatic carbocycles. The molecule has 0 bridgehead atoms. The van der Waals surface area contributed by atoms with Crippen molar-refractivity contribution in [3.63, 3.8) is 0 Å². The van der Waals surface area contributed by atoms with Crippen LogP contribution in [0.3, 0.4) is 0 Å². The minimum absolute atomic E-state index is 0.0749. The fourth-order valence-electron chi connectivity index (χ4n) is 1.04. The van der Waals surface area contributed by atoms with Crippen LogP contribution >= 0.6 is 34.8 Å². The van der Waals surface area contributed by atoms with Gasteiger partial charge in [0.2, 0.25) is 0 Å². The average Bonchev–Trinajstić information content (AvgIpc) is 2.22. The molecule has 0 aliphatic heterocycles. The Kier molecular flexibility index (Phi) is 5.66. The monoisotopic (exact) mass is 284 g/mol. The molecule has 1 unspecified atom stereocenters. The number of methoxy groups -OCH3 is 1. The molecular weight excluding hydrogens is 274 g/mol. The van der Waals surface area contributed by atoms with E-state index < -0.39 is 6.10 Å². The summed E-state index contributed by atoms with van der Waals surface area (Å²) < 4.78 is 10.0. The van der Waals surface area contributed by atoms with Crippen LogP contribution in [0, 0.1) is 0 Å². The lowest BCUT2D eigenvalue weighted by Gasteiger charge is -2.13. The normalized spacial score (nSPS) is 12.6. The Labute approximate surface area is 109 Å². The minimum Gasteiger partial charge on any atom is -0.489 e. The number of halogens is 3. The lowest BCUT2D eigenvalue weighted by molar-refractivity contribution is 0.0326. The molecule has 6 heteroatoms. The van der Waals surface area contributed by atoms with Gasteiger partial charge in [-0.25, -0.2) is 0 Å². The van der Waals surface area contributed by atoms with Crippen molar-refractivity contribution >= 4 is 34.8 Å². The second-order valence-corrected chi connectivity index (χ2v) is 4.34. The van der Waals surface area contributed by atoms with Crippen molar-refractivity contribution in [2.24, 2.45) is 0 Å². The summed E-state index contributed by atoms with van der Waals surface area (Å²) in [6.07, 6.45) is -0.712. The van der Waals surface area contributed by atoms with E-state index in [1.54, 1.807) is 0 Å². The molecule has 0 aliphatic rings. The summed E-state index contributed by atoms with van der Waals surface area (Å²) in [5, 5.41) is 10.4. The van der Waals surface area contributed by atoms with E-state index >= 15 is 0 Å². The van der Waals surface area contributed by atoms with Crippen LogP contribution in [0.2, 0.25) is 15.1 Å². The molecule has 16 heavy (non-hydrogen) atoms. The van der Waals surface area contributed by atoms with E-state index in [0.29, 0.717) is 20.8 Å². The van der Waals surface area contributed by atoms with Crippen molar-refractivity contribution in [1.82, 2.24) is 0 Å². The van der Waals surface area contributed by atoms with Gasteiger partial charge in [0.05, 0.1) is 21.7 Å². The maximum absolute atomic E-state index is 9.37. The fourth-order valence-corrected chi connectivity index (χ4v) is 1.63. The molecule has 1 atom stereocenters. The Morgan fingerprint density at radius 3 is 2.38 bits per heavy atom. The number of hydrogen-bond acceptors (Lipinski definition) is 3. The molecule has 0 saturated carbocycles. The van der Waals surface area contributed by atoms with Gasteiger partial charge in [0.15, 0.2) is 0 Å². The van der Waals surface area contributed by atoms with Gasteiger partial charge in [0, 0.05) is 13.2 Å². The summed E-state index contributed by atoms with van der Waals surface area (Å²) in [6, 6.07) is 3.00. The molecule has 90 valence electrons. The molecule has 0 spiro atoms. The molecule has 0 radical (unpaired) electrons. The van der Waals surface area contributed by atoms with Gasteiger partial charge in [0.25, 0.3) is 0 Å². The van der Waals surface area contributed by atoms with Crippen molar-refractivity contribution in [3.8, 4) is 5.75 Å². The Morgan fingerprint density at radius 2 is 1.75 bits per heavy atom. The highest BCUT2D eigenvalue weighted by atomic mass is 35.5. The number of aliphatic hydroxyl groups excluding tert-OH is 1. The first-order chi connectivity index (χ1) is 7.54. The third-order valence-corrected chi connectivity index (χ3v) is 2.78. The number of aliphatic hydroxyl groups is 1. The zero-order valence-corrected chi connectivity index (χ0v) is 10.8. The minimum atomic E-state index is -0.712.